The molecule has 1 atom stereocenters. The van der Waals surface area contributed by atoms with Crippen LogP contribution in [0.25, 0.3) is 0 Å². The number of hydrogen-bond acceptors (Lipinski definition) is 1. The van der Waals surface area contributed by atoms with Crippen LogP contribution in [-0.2, 0) is 4.79 Å². The number of carbonyl (C=O) groups is 1. The van der Waals surface area contributed by atoms with Gasteiger partial charge in [-0.2, -0.15) is 0 Å². The van der Waals surface area contributed by atoms with Crippen molar-refractivity contribution in [1.82, 2.24) is 0 Å². The molecule has 1 unspecified atom stereocenters. The predicted molar refractivity (Wildman–Crippen MR) is 78.1 cm³/mol. The van der Waals surface area contributed by atoms with E-state index in [1.807, 2.05) is 0 Å². The van der Waals surface area contributed by atoms with Crippen LogP contribution in [0.2, 0.25) is 0 Å². The summed E-state index contributed by atoms with van der Waals surface area (Å²) in [6.45, 7) is 0. The summed E-state index contributed by atoms with van der Waals surface area (Å²) < 4.78 is 0. The van der Waals surface area contributed by atoms with E-state index >= 15 is 0 Å². The maximum Gasteiger partial charge on any atom is 0.303 e. The molecule has 19 heavy (non-hydrogen) atoms. The minimum Gasteiger partial charge on any atom is -0.481 e. The van der Waals surface area contributed by atoms with Crippen LogP contribution in [0.1, 0.15) is 83.5 Å². The molecular formula is C17H30O2. The Balaban J connectivity index is 1.85. The van der Waals surface area contributed by atoms with Crippen LogP contribution in [0.3, 0.4) is 0 Å². The van der Waals surface area contributed by atoms with Gasteiger partial charge in [0.1, 0.15) is 0 Å². The lowest BCUT2D eigenvalue weighted by atomic mass is 9.72. The Morgan fingerprint density at radius 3 is 2.11 bits per heavy atom. The lowest BCUT2D eigenvalue weighted by Crippen LogP contribution is -2.22. The smallest absolute Gasteiger partial charge is 0.303 e. The van der Waals surface area contributed by atoms with Crippen LogP contribution in [0.5, 0.6) is 0 Å². The van der Waals surface area contributed by atoms with Gasteiger partial charge in [-0.25, -0.2) is 0 Å². The Labute approximate surface area is 118 Å². The predicted octanol–water partition coefficient (Wildman–Crippen LogP) is 5.02. The summed E-state index contributed by atoms with van der Waals surface area (Å²) in [5.74, 6) is 1.81. The van der Waals surface area contributed by atoms with Crippen LogP contribution >= 0.6 is 0 Å². The highest BCUT2D eigenvalue weighted by Crippen LogP contribution is 2.39. The van der Waals surface area contributed by atoms with Gasteiger partial charge in [-0.15, -0.1) is 0 Å². The average molecular weight is 266 g/mol. The molecule has 0 aromatic carbocycles. The number of carboxylic acids is 1. The van der Waals surface area contributed by atoms with Crippen molar-refractivity contribution >= 4 is 5.97 Å². The molecule has 2 nitrogen and oxygen atoms in total. The molecule has 0 bridgehead atoms. The molecule has 0 saturated heterocycles. The van der Waals surface area contributed by atoms with Crippen LogP contribution in [0.4, 0.5) is 0 Å². The first-order chi connectivity index (χ1) is 9.25. The third-order valence-corrected chi connectivity index (χ3v) is 5.41. The second kappa shape index (κ2) is 7.91. The first kappa shape index (κ1) is 14.9. The summed E-state index contributed by atoms with van der Waals surface area (Å²) in [5, 5.41) is 8.97. The fourth-order valence-electron chi connectivity index (χ4n) is 4.31. The molecule has 0 amide bonds. The Bertz CT molecular complexity index is 262. The molecule has 2 saturated carbocycles. The second-order valence-electron chi connectivity index (χ2n) is 6.83. The lowest BCUT2D eigenvalue weighted by Gasteiger charge is -2.34. The summed E-state index contributed by atoms with van der Waals surface area (Å²) in [6.07, 6.45) is 16.5. The van der Waals surface area contributed by atoms with E-state index in [9.17, 15) is 4.79 Å². The molecule has 0 spiro atoms. The van der Waals surface area contributed by atoms with Crippen LogP contribution in [-0.4, -0.2) is 11.1 Å². The summed E-state index contributed by atoms with van der Waals surface area (Å²) in [4.78, 5) is 10.9. The van der Waals surface area contributed by atoms with Gasteiger partial charge in [-0.05, 0) is 30.6 Å². The van der Waals surface area contributed by atoms with Gasteiger partial charge in [0.05, 0.1) is 0 Å². The van der Waals surface area contributed by atoms with Crippen molar-refractivity contribution in [3.8, 4) is 0 Å². The van der Waals surface area contributed by atoms with E-state index in [0.29, 0.717) is 12.3 Å². The minimum atomic E-state index is -0.607. The molecule has 0 aromatic heterocycles. The van der Waals surface area contributed by atoms with Gasteiger partial charge in [0.25, 0.3) is 0 Å². The summed E-state index contributed by atoms with van der Waals surface area (Å²) >= 11 is 0. The van der Waals surface area contributed by atoms with E-state index in [4.69, 9.17) is 5.11 Å². The third kappa shape index (κ3) is 5.16. The van der Waals surface area contributed by atoms with Crippen LogP contribution in [0, 0.1) is 17.8 Å². The zero-order chi connectivity index (χ0) is 13.5. The van der Waals surface area contributed by atoms with Gasteiger partial charge in [0.15, 0.2) is 0 Å². The zero-order valence-electron chi connectivity index (χ0n) is 12.3. The van der Waals surface area contributed by atoms with Gasteiger partial charge in [0.2, 0.25) is 0 Å². The summed E-state index contributed by atoms with van der Waals surface area (Å²) in [5.41, 5.74) is 0. The van der Waals surface area contributed by atoms with E-state index in [1.54, 1.807) is 0 Å². The highest BCUT2D eigenvalue weighted by molar-refractivity contribution is 5.66. The number of carboxylic acid groups (broad SMARTS) is 1. The standard InChI is InChI=1S/C17H30O2/c18-17(19)12-11-16(15-9-5-2-6-10-15)13-14-7-3-1-4-8-14/h14-16H,1-13H2,(H,18,19). The molecule has 110 valence electrons. The molecule has 1 N–H and O–H groups in total. The van der Waals surface area contributed by atoms with E-state index in [2.05, 4.69) is 0 Å². The molecule has 0 heterocycles. The van der Waals surface area contributed by atoms with Gasteiger partial charge < -0.3 is 5.11 Å². The molecule has 2 aliphatic carbocycles. The molecule has 0 aliphatic heterocycles. The van der Waals surface area contributed by atoms with Gasteiger partial charge in [0, 0.05) is 6.42 Å². The molecule has 2 rings (SSSR count). The molecule has 2 fully saturated rings. The summed E-state index contributed by atoms with van der Waals surface area (Å²) in [7, 11) is 0. The third-order valence-electron chi connectivity index (χ3n) is 5.41. The van der Waals surface area contributed by atoms with Crippen molar-refractivity contribution in [3.63, 3.8) is 0 Å². The van der Waals surface area contributed by atoms with Crippen molar-refractivity contribution in [2.45, 2.75) is 83.5 Å². The van der Waals surface area contributed by atoms with Crippen molar-refractivity contribution in [3.05, 3.63) is 0 Å². The highest BCUT2D eigenvalue weighted by Gasteiger charge is 2.27. The maximum atomic E-state index is 10.9. The first-order valence-corrected chi connectivity index (χ1v) is 8.47. The van der Waals surface area contributed by atoms with Gasteiger partial charge >= 0.3 is 5.97 Å². The van der Waals surface area contributed by atoms with Crippen molar-refractivity contribution in [1.29, 1.82) is 0 Å². The minimum absolute atomic E-state index is 0.383. The maximum absolute atomic E-state index is 10.9. The monoisotopic (exact) mass is 266 g/mol. The SMILES string of the molecule is O=C(O)CCC(CC1CCCCC1)C1CCCCC1. The largest absolute Gasteiger partial charge is 0.481 e. The molecule has 2 heteroatoms. The Morgan fingerprint density at radius 1 is 0.947 bits per heavy atom. The number of hydrogen-bond donors (Lipinski definition) is 1. The van der Waals surface area contributed by atoms with E-state index < -0.39 is 5.97 Å². The Morgan fingerprint density at radius 2 is 1.53 bits per heavy atom. The quantitative estimate of drug-likeness (QED) is 0.733. The van der Waals surface area contributed by atoms with Gasteiger partial charge in [-0.3, -0.25) is 4.79 Å². The lowest BCUT2D eigenvalue weighted by molar-refractivity contribution is -0.137. The number of rotatable bonds is 6. The van der Waals surface area contributed by atoms with Crippen molar-refractivity contribution < 1.29 is 9.90 Å². The Kier molecular flexibility index (Phi) is 6.19. The topological polar surface area (TPSA) is 37.3 Å². The fourth-order valence-corrected chi connectivity index (χ4v) is 4.31. The molecular weight excluding hydrogens is 236 g/mol. The van der Waals surface area contributed by atoms with Crippen molar-refractivity contribution in [2.75, 3.05) is 0 Å². The second-order valence-corrected chi connectivity index (χ2v) is 6.83. The van der Waals surface area contributed by atoms with Crippen LogP contribution in [0.15, 0.2) is 0 Å². The van der Waals surface area contributed by atoms with E-state index in [1.165, 1.54) is 70.6 Å². The average Bonchev–Trinajstić information content (AvgIpc) is 2.45. The number of aliphatic carboxylic acids is 1. The first-order valence-electron chi connectivity index (χ1n) is 8.47. The zero-order valence-corrected chi connectivity index (χ0v) is 12.3. The molecule has 0 radical (unpaired) electrons. The summed E-state index contributed by atoms with van der Waals surface area (Å²) in [6, 6.07) is 0. The van der Waals surface area contributed by atoms with Crippen LogP contribution < -0.4 is 0 Å². The molecule has 0 aromatic rings. The normalized spacial score (nSPS) is 24.2. The van der Waals surface area contributed by atoms with E-state index in [0.717, 1.165) is 18.3 Å². The fraction of sp³-hybridized carbons (Fsp3) is 0.941. The highest BCUT2D eigenvalue weighted by atomic mass is 16.4. The van der Waals surface area contributed by atoms with Crippen molar-refractivity contribution in [2.24, 2.45) is 17.8 Å². The van der Waals surface area contributed by atoms with Gasteiger partial charge in [-0.1, -0.05) is 64.2 Å². The Hall–Kier alpha value is -0.530. The molecule has 2 aliphatic rings. The van der Waals surface area contributed by atoms with E-state index in [-0.39, 0.29) is 0 Å².